The first-order chi connectivity index (χ1) is 10.6. The molecule has 0 amide bonds. The maximum atomic E-state index is 5.52. The number of rotatable bonds is 3. The van der Waals surface area contributed by atoms with Crippen LogP contribution in [0.4, 0.5) is 0 Å². The number of methoxy groups -OCH3 is 2. The molecule has 2 atom stereocenters. The third kappa shape index (κ3) is 2.30. The monoisotopic (exact) mass is 302 g/mol. The highest BCUT2D eigenvalue weighted by Crippen LogP contribution is 2.49. The van der Waals surface area contributed by atoms with Gasteiger partial charge in [-0.2, -0.15) is 0 Å². The highest BCUT2D eigenvalue weighted by molar-refractivity contribution is 5.86. The number of likely N-dealkylation sites (tertiary alicyclic amines) is 1. The third-order valence-corrected chi connectivity index (χ3v) is 5.64. The second kappa shape index (κ2) is 5.92. The zero-order chi connectivity index (χ0) is 15.7. The van der Waals surface area contributed by atoms with E-state index in [1.165, 1.54) is 24.1 Å². The van der Waals surface area contributed by atoms with Gasteiger partial charge in [-0.1, -0.05) is 6.07 Å². The van der Waals surface area contributed by atoms with Gasteiger partial charge in [-0.15, -0.1) is 0 Å². The summed E-state index contributed by atoms with van der Waals surface area (Å²) < 4.78 is 10.9. The maximum Gasteiger partial charge on any atom is 0.161 e. The zero-order valence-corrected chi connectivity index (χ0v) is 14.1. The van der Waals surface area contributed by atoms with Crippen molar-refractivity contribution in [3.05, 3.63) is 23.8 Å². The van der Waals surface area contributed by atoms with Crippen LogP contribution in [-0.2, 0) is 5.41 Å². The number of aliphatic imine (C=N–C) groups is 1. The van der Waals surface area contributed by atoms with E-state index in [2.05, 4.69) is 29.1 Å². The second-order valence-corrected chi connectivity index (χ2v) is 6.47. The van der Waals surface area contributed by atoms with Crippen molar-refractivity contribution in [2.75, 3.05) is 34.9 Å². The molecular formula is C18H26N2O2. The number of hydrogen-bond acceptors (Lipinski definition) is 4. The van der Waals surface area contributed by atoms with Crippen molar-refractivity contribution in [3.63, 3.8) is 0 Å². The molecule has 2 fully saturated rings. The molecule has 0 aromatic heterocycles. The molecular weight excluding hydrogens is 276 g/mol. The normalized spacial score (nSPS) is 30.4. The first-order valence-corrected chi connectivity index (χ1v) is 8.02. The van der Waals surface area contributed by atoms with Gasteiger partial charge < -0.3 is 14.4 Å². The molecule has 1 aromatic carbocycles. The molecule has 4 nitrogen and oxygen atoms in total. The van der Waals surface area contributed by atoms with Crippen LogP contribution in [-0.4, -0.2) is 51.5 Å². The number of likely N-dealkylation sites (N-methyl/N-ethyl adjacent to an activating group) is 1. The molecule has 2 aliphatic rings. The van der Waals surface area contributed by atoms with Crippen molar-refractivity contribution in [2.24, 2.45) is 4.99 Å². The second-order valence-electron chi connectivity index (χ2n) is 6.47. The highest BCUT2D eigenvalue weighted by atomic mass is 16.5. The molecule has 1 heterocycles. The summed E-state index contributed by atoms with van der Waals surface area (Å²) in [4.78, 5) is 6.97. The summed E-state index contributed by atoms with van der Waals surface area (Å²) in [5.41, 5.74) is 2.96. The Hall–Kier alpha value is -1.55. The quantitative estimate of drug-likeness (QED) is 0.861. The predicted molar refractivity (Wildman–Crippen MR) is 89.5 cm³/mol. The minimum absolute atomic E-state index is 0.225. The molecule has 1 saturated carbocycles. The van der Waals surface area contributed by atoms with Crippen LogP contribution in [0.2, 0.25) is 0 Å². The van der Waals surface area contributed by atoms with E-state index in [0.717, 1.165) is 30.9 Å². The topological polar surface area (TPSA) is 34.1 Å². The van der Waals surface area contributed by atoms with E-state index in [9.17, 15) is 0 Å². The van der Waals surface area contributed by atoms with Gasteiger partial charge in [0.15, 0.2) is 11.5 Å². The first-order valence-electron chi connectivity index (χ1n) is 8.02. The number of nitrogens with zero attached hydrogens (tertiary/aromatic N) is 2. The molecule has 0 spiro atoms. The van der Waals surface area contributed by atoms with E-state index in [0.29, 0.717) is 6.04 Å². The van der Waals surface area contributed by atoms with Gasteiger partial charge in [-0.05, 0) is 50.6 Å². The Morgan fingerprint density at radius 1 is 1.18 bits per heavy atom. The minimum atomic E-state index is 0.225. The zero-order valence-electron chi connectivity index (χ0n) is 14.1. The average molecular weight is 302 g/mol. The summed E-state index contributed by atoms with van der Waals surface area (Å²) in [6, 6.07) is 6.99. The molecule has 3 rings (SSSR count). The van der Waals surface area contributed by atoms with Crippen LogP contribution in [0.1, 0.15) is 31.2 Å². The fraction of sp³-hybridized carbons (Fsp3) is 0.611. The molecule has 1 aliphatic carbocycles. The van der Waals surface area contributed by atoms with Crippen LogP contribution in [0.25, 0.3) is 0 Å². The third-order valence-electron chi connectivity index (χ3n) is 5.64. The smallest absolute Gasteiger partial charge is 0.161 e. The molecule has 0 N–H and O–H groups in total. The molecule has 4 heteroatoms. The predicted octanol–water partition coefficient (Wildman–Crippen LogP) is 2.90. The summed E-state index contributed by atoms with van der Waals surface area (Å²) in [7, 11) is 7.56. The fourth-order valence-corrected chi connectivity index (χ4v) is 4.29. The Balaban J connectivity index is 2.01. The van der Waals surface area contributed by atoms with Gasteiger partial charge in [-0.3, -0.25) is 4.99 Å². The van der Waals surface area contributed by atoms with E-state index >= 15 is 0 Å². The van der Waals surface area contributed by atoms with Crippen LogP contribution >= 0.6 is 0 Å². The molecule has 1 aromatic rings. The van der Waals surface area contributed by atoms with Crippen molar-refractivity contribution in [3.8, 4) is 11.5 Å². The van der Waals surface area contributed by atoms with Gasteiger partial charge in [0, 0.05) is 30.6 Å². The van der Waals surface area contributed by atoms with E-state index in [1.807, 2.05) is 13.1 Å². The first kappa shape index (κ1) is 15.3. The summed E-state index contributed by atoms with van der Waals surface area (Å²) in [6.45, 7) is 1.15. The van der Waals surface area contributed by atoms with Gasteiger partial charge in [0.1, 0.15) is 0 Å². The van der Waals surface area contributed by atoms with Gasteiger partial charge in [0.2, 0.25) is 0 Å². The Morgan fingerprint density at radius 3 is 2.64 bits per heavy atom. The Labute approximate surface area is 133 Å². The largest absolute Gasteiger partial charge is 0.493 e. The lowest BCUT2D eigenvalue weighted by Crippen LogP contribution is -2.46. The lowest BCUT2D eigenvalue weighted by molar-refractivity contribution is 0.226. The van der Waals surface area contributed by atoms with Crippen LogP contribution in [0.3, 0.4) is 0 Å². The number of ether oxygens (including phenoxy) is 2. The van der Waals surface area contributed by atoms with E-state index in [1.54, 1.807) is 14.2 Å². The molecule has 0 bridgehead atoms. The van der Waals surface area contributed by atoms with Gasteiger partial charge in [0.05, 0.1) is 14.2 Å². The lowest BCUT2D eigenvalue weighted by Gasteiger charge is -2.42. The summed E-state index contributed by atoms with van der Waals surface area (Å²) >= 11 is 0. The van der Waals surface area contributed by atoms with Crippen molar-refractivity contribution in [1.82, 2.24) is 4.90 Å². The standard InChI is InChI=1S/C18H26N2O2/c1-19-14-7-8-18(9-10-20(2)17(18)12-14)13-5-6-15(21-3)16(11-13)22-4/h5-6,11,17H,7-10,12H2,1-4H3/t17?,18-/m0/s1. The average Bonchev–Trinajstić information content (AvgIpc) is 2.91. The molecule has 22 heavy (non-hydrogen) atoms. The Kier molecular flexibility index (Phi) is 4.13. The molecule has 1 saturated heterocycles. The van der Waals surface area contributed by atoms with Crippen molar-refractivity contribution in [1.29, 1.82) is 0 Å². The molecule has 120 valence electrons. The molecule has 1 aliphatic heterocycles. The van der Waals surface area contributed by atoms with E-state index in [-0.39, 0.29) is 5.41 Å². The maximum absolute atomic E-state index is 5.52. The fourth-order valence-electron chi connectivity index (χ4n) is 4.29. The lowest BCUT2D eigenvalue weighted by atomic mass is 9.65. The minimum Gasteiger partial charge on any atom is -0.493 e. The summed E-state index contributed by atoms with van der Waals surface area (Å²) in [6.07, 6.45) is 4.57. The van der Waals surface area contributed by atoms with Crippen LogP contribution in [0.5, 0.6) is 11.5 Å². The van der Waals surface area contributed by atoms with Crippen LogP contribution < -0.4 is 9.47 Å². The Bertz CT molecular complexity index is 584. The van der Waals surface area contributed by atoms with Crippen molar-refractivity contribution >= 4 is 5.71 Å². The number of benzene rings is 1. The number of hydrogen-bond donors (Lipinski definition) is 0. The van der Waals surface area contributed by atoms with Crippen molar-refractivity contribution < 1.29 is 9.47 Å². The van der Waals surface area contributed by atoms with Gasteiger partial charge in [-0.25, -0.2) is 0 Å². The van der Waals surface area contributed by atoms with Crippen LogP contribution in [0.15, 0.2) is 23.2 Å². The molecule has 1 unspecified atom stereocenters. The van der Waals surface area contributed by atoms with E-state index in [4.69, 9.17) is 9.47 Å². The van der Waals surface area contributed by atoms with Crippen molar-refractivity contribution in [2.45, 2.75) is 37.1 Å². The highest BCUT2D eigenvalue weighted by Gasteiger charge is 2.49. The summed E-state index contributed by atoms with van der Waals surface area (Å²) in [5.74, 6) is 1.63. The van der Waals surface area contributed by atoms with Gasteiger partial charge >= 0.3 is 0 Å². The van der Waals surface area contributed by atoms with E-state index < -0.39 is 0 Å². The molecule has 0 radical (unpaired) electrons. The Morgan fingerprint density at radius 2 is 1.95 bits per heavy atom. The van der Waals surface area contributed by atoms with Gasteiger partial charge in [0.25, 0.3) is 0 Å². The number of fused-ring (bicyclic) bond motifs is 1. The SMILES string of the molecule is CN=C1CC[C@@]2(c3ccc(OC)c(OC)c3)CCN(C)C2C1. The van der Waals surface area contributed by atoms with Crippen LogP contribution in [0, 0.1) is 0 Å². The summed E-state index contributed by atoms with van der Waals surface area (Å²) in [5, 5.41) is 0.